The molecule has 1 atom stereocenters. The summed E-state index contributed by atoms with van der Waals surface area (Å²) in [6, 6.07) is 6.56. The van der Waals surface area contributed by atoms with Gasteiger partial charge in [0.15, 0.2) is 0 Å². The van der Waals surface area contributed by atoms with Gasteiger partial charge in [-0.15, -0.1) is 0 Å². The molecule has 18 heavy (non-hydrogen) atoms. The van der Waals surface area contributed by atoms with Crippen LogP contribution in [0.2, 0.25) is 0 Å². The average Bonchev–Trinajstić information content (AvgIpc) is 2.35. The summed E-state index contributed by atoms with van der Waals surface area (Å²) in [5.74, 6) is 0. The van der Waals surface area contributed by atoms with Gasteiger partial charge in [-0.1, -0.05) is 0 Å². The molecule has 0 aliphatic carbocycles. The van der Waals surface area contributed by atoms with Crippen molar-refractivity contribution in [1.82, 2.24) is 10.0 Å². The first-order valence-electron chi connectivity index (χ1n) is 5.58. The van der Waals surface area contributed by atoms with Crippen molar-refractivity contribution >= 4 is 10.0 Å². The first-order valence-corrected chi connectivity index (χ1v) is 7.06. The summed E-state index contributed by atoms with van der Waals surface area (Å²) in [5, 5.41) is 11.7. The third kappa shape index (κ3) is 3.53. The Kier molecular flexibility index (Phi) is 4.84. The zero-order valence-electron chi connectivity index (χ0n) is 10.7. The Balaban J connectivity index is 2.96. The van der Waals surface area contributed by atoms with Gasteiger partial charge in [0.2, 0.25) is 10.0 Å². The Morgan fingerprint density at radius 3 is 2.61 bits per heavy atom. The fourth-order valence-electron chi connectivity index (χ4n) is 1.43. The highest BCUT2D eigenvalue weighted by molar-refractivity contribution is 7.89. The monoisotopic (exact) mass is 267 g/mol. The highest BCUT2D eigenvalue weighted by Crippen LogP contribution is 2.16. The van der Waals surface area contributed by atoms with E-state index in [2.05, 4.69) is 10.0 Å². The Morgan fingerprint density at radius 2 is 2.11 bits per heavy atom. The largest absolute Gasteiger partial charge is 0.316 e. The lowest BCUT2D eigenvalue weighted by Gasteiger charge is -2.13. The van der Waals surface area contributed by atoms with Crippen LogP contribution in [0.25, 0.3) is 0 Å². The van der Waals surface area contributed by atoms with Crippen molar-refractivity contribution in [2.24, 2.45) is 0 Å². The number of sulfonamides is 1. The smallest absolute Gasteiger partial charge is 0.240 e. The molecule has 0 bridgehead atoms. The van der Waals surface area contributed by atoms with Crippen molar-refractivity contribution in [3.8, 4) is 6.07 Å². The maximum absolute atomic E-state index is 12.1. The van der Waals surface area contributed by atoms with Crippen LogP contribution in [0.4, 0.5) is 0 Å². The molecule has 0 radical (unpaired) electrons. The van der Waals surface area contributed by atoms with Gasteiger partial charge in [0.1, 0.15) is 0 Å². The van der Waals surface area contributed by atoms with Gasteiger partial charge in [-0.2, -0.15) is 5.26 Å². The van der Waals surface area contributed by atoms with Gasteiger partial charge >= 0.3 is 0 Å². The van der Waals surface area contributed by atoms with E-state index in [-0.39, 0.29) is 10.9 Å². The van der Waals surface area contributed by atoms with E-state index < -0.39 is 10.0 Å². The molecule has 0 saturated carbocycles. The van der Waals surface area contributed by atoms with Gasteiger partial charge < -0.3 is 5.32 Å². The summed E-state index contributed by atoms with van der Waals surface area (Å²) in [6.07, 6.45) is 0. The van der Waals surface area contributed by atoms with Gasteiger partial charge in [0.25, 0.3) is 0 Å². The number of nitrogens with one attached hydrogen (secondary N) is 2. The molecular formula is C12H17N3O2S. The lowest BCUT2D eigenvalue weighted by atomic mass is 10.2. The van der Waals surface area contributed by atoms with E-state index >= 15 is 0 Å². The van der Waals surface area contributed by atoms with E-state index in [1.165, 1.54) is 12.1 Å². The maximum Gasteiger partial charge on any atom is 0.240 e. The molecular weight excluding hydrogens is 250 g/mol. The Labute approximate surface area is 108 Å². The molecule has 0 aliphatic rings. The van der Waals surface area contributed by atoms with Crippen LogP contribution in [0.15, 0.2) is 23.1 Å². The molecule has 0 aliphatic heterocycles. The normalized spacial score (nSPS) is 13.0. The first kappa shape index (κ1) is 14.6. The fourth-order valence-corrected chi connectivity index (χ4v) is 2.79. The zero-order chi connectivity index (χ0) is 13.8. The predicted molar refractivity (Wildman–Crippen MR) is 69.6 cm³/mol. The van der Waals surface area contributed by atoms with Crippen molar-refractivity contribution in [2.75, 3.05) is 13.6 Å². The van der Waals surface area contributed by atoms with Crippen LogP contribution in [0, 0.1) is 18.3 Å². The lowest BCUT2D eigenvalue weighted by Crippen LogP contribution is -2.37. The SMILES string of the molecule is CNC(C)CNS(=O)(=O)c1ccc(C#N)cc1C. The van der Waals surface area contributed by atoms with Gasteiger partial charge in [-0.25, -0.2) is 13.1 Å². The molecule has 0 heterocycles. The van der Waals surface area contributed by atoms with Gasteiger partial charge in [-0.05, 0) is 44.7 Å². The standard InChI is InChI=1S/C12H17N3O2S/c1-9-6-11(7-13)4-5-12(9)18(16,17)15-8-10(2)14-3/h4-6,10,14-15H,8H2,1-3H3. The maximum atomic E-state index is 12.1. The van der Waals surface area contributed by atoms with Crippen LogP contribution in [0.1, 0.15) is 18.1 Å². The molecule has 0 amide bonds. The molecule has 1 unspecified atom stereocenters. The molecule has 98 valence electrons. The van der Waals surface area contributed by atoms with E-state index in [9.17, 15) is 8.42 Å². The van der Waals surface area contributed by atoms with E-state index in [1.807, 2.05) is 13.0 Å². The van der Waals surface area contributed by atoms with E-state index in [0.29, 0.717) is 17.7 Å². The van der Waals surface area contributed by atoms with Crippen molar-refractivity contribution in [3.05, 3.63) is 29.3 Å². The van der Waals surface area contributed by atoms with Crippen LogP contribution in [0.5, 0.6) is 0 Å². The molecule has 1 aromatic rings. The van der Waals surface area contributed by atoms with Crippen LogP contribution in [-0.2, 0) is 10.0 Å². The number of benzene rings is 1. The number of nitriles is 1. The minimum absolute atomic E-state index is 0.0541. The quantitative estimate of drug-likeness (QED) is 0.825. The summed E-state index contributed by atoms with van der Waals surface area (Å²) in [5.41, 5.74) is 1.02. The lowest BCUT2D eigenvalue weighted by molar-refractivity contribution is 0.554. The topological polar surface area (TPSA) is 82.0 Å². The molecule has 1 rings (SSSR count). The second-order valence-corrected chi connectivity index (χ2v) is 5.87. The van der Waals surface area contributed by atoms with Gasteiger partial charge in [0.05, 0.1) is 16.5 Å². The summed E-state index contributed by atoms with van der Waals surface area (Å²) in [4.78, 5) is 0.213. The number of hydrogen-bond donors (Lipinski definition) is 2. The summed E-state index contributed by atoms with van der Waals surface area (Å²) >= 11 is 0. The third-order valence-corrected chi connectivity index (χ3v) is 4.25. The number of hydrogen-bond acceptors (Lipinski definition) is 4. The first-order chi connectivity index (χ1) is 8.40. The van der Waals surface area contributed by atoms with Crippen LogP contribution < -0.4 is 10.0 Å². The molecule has 0 spiro atoms. The van der Waals surface area contributed by atoms with Crippen LogP contribution >= 0.6 is 0 Å². The molecule has 0 saturated heterocycles. The number of nitrogens with zero attached hydrogens (tertiary/aromatic N) is 1. The van der Waals surface area contributed by atoms with Crippen LogP contribution in [0.3, 0.4) is 0 Å². The molecule has 5 nitrogen and oxygen atoms in total. The molecule has 0 fully saturated rings. The van der Waals surface area contributed by atoms with Crippen molar-refractivity contribution < 1.29 is 8.42 Å². The second kappa shape index (κ2) is 5.96. The Hall–Kier alpha value is -1.42. The zero-order valence-corrected chi connectivity index (χ0v) is 11.5. The molecule has 1 aromatic carbocycles. The summed E-state index contributed by atoms with van der Waals surface area (Å²) < 4.78 is 26.6. The Morgan fingerprint density at radius 1 is 1.44 bits per heavy atom. The minimum atomic E-state index is -3.52. The van der Waals surface area contributed by atoms with Crippen molar-refractivity contribution in [2.45, 2.75) is 24.8 Å². The Bertz CT molecular complexity index is 561. The number of aryl methyl sites for hydroxylation is 1. The predicted octanol–water partition coefficient (Wildman–Crippen LogP) is 0.753. The number of rotatable bonds is 5. The van der Waals surface area contributed by atoms with E-state index in [0.717, 1.165) is 0 Å². The fraction of sp³-hybridized carbons (Fsp3) is 0.417. The van der Waals surface area contributed by atoms with E-state index in [4.69, 9.17) is 5.26 Å². The summed E-state index contributed by atoms with van der Waals surface area (Å²) in [7, 11) is -1.75. The average molecular weight is 267 g/mol. The molecule has 0 aromatic heterocycles. The van der Waals surface area contributed by atoms with E-state index in [1.54, 1.807) is 20.0 Å². The molecule has 2 N–H and O–H groups in total. The summed E-state index contributed by atoms with van der Waals surface area (Å²) in [6.45, 7) is 3.88. The molecule has 6 heteroatoms. The van der Waals surface area contributed by atoms with Gasteiger partial charge in [0, 0.05) is 12.6 Å². The van der Waals surface area contributed by atoms with Crippen LogP contribution in [-0.4, -0.2) is 28.1 Å². The van der Waals surface area contributed by atoms with Crippen molar-refractivity contribution in [1.29, 1.82) is 5.26 Å². The highest BCUT2D eigenvalue weighted by atomic mass is 32.2. The second-order valence-electron chi connectivity index (χ2n) is 4.13. The van der Waals surface area contributed by atoms with Gasteiger partial charge in [-0.3, -0.25) is 0 Å². The number of likely N-dealkylation sites (N-methyl/N-ethyl adjacent to an activating group) is 1. The minimum Gasteiger partial charge on any atom is -0.316 e. The van der Waals surface area contributed by atoms with Crippen molar-refractivity contribution in [3.63, 3.8) is 0 Å². The highest BCUT2D eigenvalue weighted by Gasteiger charge is 2.17. The third-order valence-electron chi connectivity index (χ3n) is 2.67.